The number of likely N-dealkylation sites (N-methyl/N-ethyl adjacent to an activating group) is 1. The summed E-state index contributed by atoms with van der Waals surface area (Å²) >= 11 is 0. The lowest BCUT2D eigenvalue weighted by Gasteiger charge is -2.23. The normalized spacial score (nSPS) is 14.4. The van der Waals surface area contributed by atoms with Crippen LogP contribution in [0.25, 0.3) is 0 Å². The summed E-state index contributed by atoms with van der Waals surface area (Å²) in [7, 11) is 5.29. The van der Waals surface area contributed by atoms with Gasteiger partial charge in [0.05, 0.1) is 19.7 Å². The largest absolute Gasteiger partial charge is 0.497 e. The maximum absolute atomic E-state index is 12.9. The molecule has 0 saturated carbocycles. The molecule has 2 amide bonds. The van der Waals surface area contributed by atoms with E-state index in [9.17, 15) is 14.4 Å². The summed E-state index contributed by atoms with van der Waals surface area (Å²) in [6, 6.07) is 6.67. The van der Waals surface area contributed by atoms with Crippen LogP contribution in [-0.2, 0) is 22.6 Å². The molecule has 1 unspecified atom stereocenters. The van der Waals surface area contributed by atoms with E-state index in [1.807, 2.05) is 23.6 Å². The number of hydrogen-bond donors (Lipinski definition) is 1. The van der Waals surface area contributed by atoms with Crippen molar-refractivity contribution >= 4 is 17.6 Å². The number of ether oxygens (including phenoxy) is 1. The van der Waals surface area contributed by atoms with Crippen molar-refractivity contribution in [2.24, 2.45) is 5.92 Å². The van der Waals surface area contributed by atoms with E-state index in [1.165, 1.54) is 0 Å². The summed E-state index contributed by atoms with van der Waals surface area (Å²) in [6.07, 6.45) is 1.64. The first kappa shape index (κ1) is 27.3. The zero-order valence-corrected chi connectivity index (χ0v) is 22.0. The Morgan fingerprint density at radius 1 is 1.06 bits per heavy atom. The lowest BCUT2D eigenvalue weighted by Crippen LogP contribution is -2.38. The van der Waals surface area contributed by atoms with Crippen molar-refractivity contribution in [2.75, 3.05) is 40.8 Å². The van der Waals surface area contributed by atoms with E-state index in [4.69, 9.17) is 4.74 Å². The van der Waals surface area contributed by atoms with Crippen LogP contribution in [0.3, 0.4) is 0 Å². The van der Waals surface area contributed by atoms with Crippen molar-refractivity contribution in [2.45, 2.75) is 52.1 Å². The lowest BCUT2D eigenvalue weighted by molar-refractivity contribution is -0.131. The molecule has 0 spiro atoms. The van der Waals surface area contributed by atoms with Crippen molar-refractivity contribution in [3.63, 3.8) is 0 Å². The van der Waals surface area contributed by atoms with Gasteiger partial charge in [-0.15, -0.1) is 10.2 Å². The van der Waals surface area contributed by atoms with Gasteiger partial charge in [-0.25, -0.2) is 0 Å². The topological polar surface area (TPSA) is 110 Å². The maximum atomic E-state index is 12.9. The highest BCUT2D eigenvalue weighted by atomic mass is 16.5. The standard InChI is InChI=1S/C26H38N6O4/c1-18(2)16-21(27-24(34)17-30(3)4)26-29-28-23-12-13-31(14-15-32(23)26)25(35)11-10-22(33)19-6-8-20(36-5)9-7-19/h6-9,18,21H,10-17H2,1-5H3,(H,27,34). The van der Waals surface area contributed by atoms with Gasteiger partial charge in [-0.2, -0.15) is 0 Å². The van der Waals surface area contributed by atoms with Crippen molar-refractivity contribution in [3.05, 3.63) is 41.5 Å². The van der Waals surface area contributed by atoms with Crippen LogP contribution < -0.4 is 10.1 Å². The molecule has 0 aliphatic carbocycles. The number of benzene rings is 1. The Morgan fingerprint density at radius 3 is 2.42 bits per heavy atom. The highest BCUT2D eigenvalue weighted by Gasteiger charge is 2.27. The first-order chi connectivity index (χ1) is 17.2. The van der Waals surface area contributed by atoms with Crippen LogP contribution in [-0.4, -0.2) is 83.0 Å². The fraction of sp³-hybridized carbons (Fsp3) is 0.577. The molecular weight excluding hydrogens is 460 g/mol. The minimum Gasteiger partial charge on any atom is -0.497 e. The minimum atomic E-state index is -0.247. The number of carbonyl (C=O) groups excluding carboxylic acids is 3. The van der Waals surface area contributed by atoms with E-state index in [-0.39, 0.29) is 36.5 Å². The summed E-state index contributed by atoms with van der Waals surface area (Å²) in [5.74, 6) is 2.41. The maximum Gasteiger partial charge on any atom is 0.234 e. The molecular formula is C26H38N6O4. The second-order valence-electron chi connectivity index (χ2n) is 9.90. The molecule has 0 bridgehead atoms. The summed E-state index contributed by atoms with van der Waals surface area (Å²) in [5.41, 5.74) is 0.572. The van der Waals surface area contributed by atoms with Gasteiger partial charge in [-0.1, -0.05) is 13.8 Å². The molecule has 0 fully saturated rings. The van der Waals surface area contributed by atoms with Crippen LogP contribution in [0.4, 0.5) is 0 Å². The summed E-state index contributed by atoms with van der Waals surface area (Å²) < 4.78 is 7.17. The molecule has 3 rings (SSSR count). The Morgan fingerprint density at radius 2 is 1.78 bits per heavy atom. The molecule has 1 aliphatic heterocycles. The van der Waals surface area contributed by atoms with Gasteiger partial charge in [0, 0.05) is 44.5 Å². The Labute approximate surface area is 213 Å². The first-order valence-electron chi connectivity index (χ1n) is 12.5. The number of amides is 2. The number of nitrogens with one attached hydrogen (secondary N) is 1. The molecule has 196 valence electrons. The number of aromatic nitrogens is 3. The molecule has 36 heavy (non-hydrogen) atoms. The SMILES string of the molecule is COc1ccc(C(=O)CCC(=O)N2CCc3nnc(C(CC(C)C)NC(=O)CN(C)C)n3CC2)cc1. The lowest BCUT2D eigenvalue weighted by atomic mass is 10.0. The van der Waals surface area contributed by atoms with E-state index in [0.29, 0.717) is 49.8 Å². The van der Waals surface area contributed by atoms with Gasteiger partial charge in [0.1, 0.15) is 11.6 Å². The minimum absolute atomic E-state index is 0.0462. The van der Waals surface area contributed by atoms with Crippen LogP contribution in [0.2, 0.25) is 0 Å². The molecule has 1 aliphatic rings. The number of rotatable bonds is 11. The quantitative estimate of drug-likeness (QED) is 0.473. The van der Waals surface area contributed by atoms with Crippen LogP contribution >= 0.6 is 0 Å². The Kier molecular flexibility index (Phi) is 9.58. The van der Waals surface area contributed by atoms with E-state index in [2.05, 4.69) is 29.4 Å². The second-order valence-corrected chi connectivity index (χ2v) is 9.90. The Bertz CT molecular complexity index is 1050. The average molecular weight is 499 g/mol. The third kappa shape index (κ3) is 7.36. The van der Waals surface area contributed by atoms with Crippen molar-refractivity contribution < 1.29 is 19.1 Å². The van der Waals surface area contributed by atoms with E-state index >= 15 is 0 Å². The van der Waals surface area contributed by atoms with Crippen LogP contribution in [0, 0.1) is 5.92 Å². The highest BCUT2D eigenvalue weighted by Crippen LogP contribution is 2.23. The zero-order valence-electron chi connectivity index (χ0n) is 22.0. The Balaban J connectivity index is 1.61. The predicted molar refractivity (Wildman–Crippen MR) is 136 cm³/mol. The predicted octanol–water partition coefficient (Wildman–Crippen LogP) is 2.10. The van der Waals surface area contributed by atoms with Gasteiger partial charge in [-0.3, -0.25) is 14.4 Å². The molecule has 1 N–H and O–H groups in total. The van der Waals surface area contributed by atoms with Gasteiger partial charge in [-0.05, 0) is 50.7 Å². The number of nitrogens with zero attached hydrogens (tertiary/aromatic N) is 5. The highest BCUT2D eigenvalue weighted by molar-refractivity contribution is 5.98. The van der Waals surface area contributed by atoms with Crippen molar-refractivity contribution in [3.8, 4) is 5.75 Å². The molecule has 2 aromatic rings. The van der Waals surface area contributed by atoms with Crippen LogP contribution in [0.5, 0.6) is 5.75 Å². The van der Waals surface area contributed by atoms with E-state index in [1.54, 1.807) is 36.3 Å². The summed E-state index contributed by atoms with van der Waals surface area (Å²) in [4.78, 5) is 41.6. The third-order valence-electron chi connectivity index (χ3n) is 6.20. The van der Waals surface area contributed by atoms with Crippen molar-refractivity contribution in [1.29, 1.82) is 0 Å². The number of carbonyl (C=O) groups is 3. The van der Waals surface area contributed by atoms with Gasteiger partial charge < -0.3 is 24.4 Å². The van der Waals surface area contributed by atoms with Crippen molar-refractivity contribution in [1.82, 2.24) is 29.9 Å². The molecule has 0 radical (unpaired) electrons. The smallest absolute Gasteiger partial charge is 0.234 e. The molecule has 10 heteroatoms. The second kappa shape index (κ2) is 12.6. The van der Waals surface area contributed by atoms with Gasteiger partial charge >= 0.3 is 0 Å². The van der Waals surface area contributed by atoms with Gasteiger partial charge in [0.15, 0.2) is 11.6 Å². The van der Waals surface area contributed by atoms with Crippen LogP contribution in [0.15, 0.2) is 24.3 Å². The fourth-order valence-corrected chi connectivity index (χ4v) is 4.38. The number of hydrogen-bond acceptors (Lipinski definition) is 7. The molecule has 10 nitrogen and oxygen atoms in total. The molecule has 1 aromatic heterocycles. The van der Waals surface area contributed by atoms with E-state index < -0.39 is 0 Å². The molecule has 0 saturated heterocycles. The molecule has 2 heterocycles. The van der Waals surface area contributed by atoms with Gasteiger partial charge in [0.2, 0.25) is 11.8 Å². The summed E-state index contributed by atoms with van der Waals surface area (Å²) in [5, 5.41) is 11.9. The molecule has 1 aromatic carbocycles. The number of fused-ring (bicyclic) bond motifs is 1. The molecule has 1 atom stereocenters. The summed E-state index contributed by atoms with van der Waals surface area (Å²) in [6.45, 7) is 6.10. The fourth-order valence-electron chi connectivity index (χ4n) is 4.38. The number of Topliss-reactive ketones (excluding diaryl/α,β-unsaturated/α-hetero) is 1. The Hall–Kier alpha value is -3.27. The van der Waals surface area contributed by atoms with Gasteiger partial charge in [0.25, 0.3) is 0 Å². The average Bonchev–Trinajstić information content (AvgIpc) is 3.12. The monoisotopic (exact) mass is 498 g/mol. The third-order valence-corrected chi connectivity index (χ3v) is 6.20. The number of ketones is 1. The number of methoxy groups -OCH3 is 1. The van der Waals surface area contributed by atoms with Crippen LogP contribution in [0.1, 0.15) is 61.2 Å². The van der Waals surface area contributed by atoms with E-state index in [0.717, 1.165) is 18.1 Å². The first-order valence-corrected chi connectivity index (χ1v) is 12.5. The zero-order chi connectivity index (χ0) is 26.2.